The van der Waals surface area contributed by atoms with Gasteiger partial charge in [0.1, 0.15) is 11.2 Å². The van der Waals surface area contributed by atoms with E-state index in [4.69, 9.17) is 4.42 Å². The molecule has 0 aliphatic rings. The first-order valence-electron chi connectivity index (χ1n) is 16.4. The lowest BCUT2D eigenvalue weighted by Crippen LogP contribution is -2.12. The summed E-state index contributed by atoms with van der Waals surface area (Å²) < 4.78 is 6.52. The molecule has 2 nitrogen and oxygen atoms in total. The monoisotopic (exact) mass is 613 g/mol. The van der Waals surface area contributed by atoms with Gasteiger partial charge in [0, 0.05) is 27.6 Å². The van der Waals surface area contributed by atoms with Crippen LogP contribution in [-0.4, -0.2) is 0 Å². The molecule has 0 saturated carbocycles. The van der Waals surface area contributed by atoms with Crippen molar-refractivity contribution in [2.75, 3.05) is 4.90 Å². The second-order valence-corrected chi connectivity index (χ2v) is 12.1. The van der Waals surface area contributed by atoms with E-state index in [9.17, 15) is 0 Å². The van der Waals surface area contributed by atoms with Crippen LogP contribution in [0.5, 0.6) is 0 Å². The van der Waals surface area contributed by atoms with Gasteiger partial charge in [-0.3, -0.25) is 0 Å². The van der Waals surface area contributed by atoms with E-state index >= 15 is 0 Å². The number of hydrogen-bond donors (Lipinski definition) is 0. The SMILES string of the molecule is c1ccc(-c2cccc(N(c3ccccc3-c3ccccc3)c3ccccc3-c3cccc4oc5cc6ccccc6cc5c34)c2)cc1. The second-order valence-electron chi connectivity index (χ2n) is 12.1. The maximum atomic E-state index is 6.52. The van der Waals surface area contributed by atoms with E-state index in [1.54, 1.807) is 0 Å². The first-order valence-corrected chi connectivity index (χ1v) is 16.4. The molecule has 0 unspecified atom stereocenters. The lowest BCUT2D eigenvalue weighted by atomic mass is 9.95. The van der Waals surface area contributed by atoms with Crippen molar-refractivity contribution in [3.05, 3.63) is 188 Å². The summed E-state index contributed by atoms with van der Waals surface area (Å²) >= 11 is 0. The number of anilines is 3. The molecule has 0 fully saturated rings. The van der Waals surface area contributed by atoms with Crippen LogP contribution in [-0.2, 0) is 0 Å². The van der Waals surface area contributed by atoms with Gasteiger partial charge in [-0.1, -0.05) is 146 Å². The summed E-state index contributed by atoms with van der Waals surface area (Å²) in [5, 5.41) is 4.62. The highest BCUT2D eigenvalue weighted by atomic mass is 16.3. The summed E-state index contributed by atoms with van der Waals surface area (Å²) in [5.74, 6) is 0. The van der Waals surface area contributed by atoms with E-state index < -0.39 is 0 Å². The minimum absolute atomic E-state index is 0.884. The third kappa shape index (κ3) is 4.83. The Morgan fingerprint density at radius 3 is 1.69 bits per heavy atom. The van der Waals surface area contributed by atoms with E-state index in [0.29, 0.717) is 0 Å². The first kappa shape index (κ1) is 27.9. The van der Waals surface area contributed by atoms with Gasteiger partial charge in [0.25, 0.3) is 0 Å². The van der Waals surface area contributed by atoms with Gasteiger partial charge < -0.3 is 9.32 Å². The molecule has 0 aliphatic carbocycles. The van der Waals surface area contributed by atoms with E-state index in [1.807, 2.05) is 0 Å². The Kier molecular flexibility index (Phi) is 6.84. The summed E-state index contributed by atoms with van der Waals surface area (Å²) in [6, 6.07) is 66.9. The minimum atomic E-state index is 0.884. The van der Waals surface area contributed by atoms with Crippen LogP contribution in [0.25, 0.3) is 66.1 Å². The lowest BCUT2D eigenvalue weighted by molar-refractivity contribution is 0.669. The van der Waals surface area contributed by atoms with Gasteiger partial charge in [0.15, 0.2) is 0 Å². The zero-order chi connectivity index (χ0) is 31.9. The van der Waals surface area contributed by atoms with E-state index in [0.717, 1.165) is 55.7 Å². The molecule has 2 heteroatoms. The van der Waals surface area contributed by atoms with Crippen molar-refractivity contribution >= 4 is 49.8 Å². The summed E-state index contributed by atoms with van der Waals surface area (Å²) in [6.45, 7) is 0. The average molecular weight is 614 g/mol. The number of hydrogen-bond acceptors (Lipinski definition) is 2. The van der Waals surface area contributed by atoms with Crippen LogP contribution in [0.15, 0.2) is 192 Å². The molecule has 0 atom stereocenters. The van der Waals surface area contributed by atoms with Crippen LogP contribution in [0.2, 0.25) is 0 Å². The van der Waals surface area contributed by atoms with Crippen LogP contribution in [0.1, 0.15) is 0 Å². The molecule has 0 amide bonds. The summed E-state index contributed by atoms with van der Waals surface area (Å²) in [4.78, 5) is 2.42. The Morgan fingerprint density at radius 2 is 0.917 bits per heavy atom. The van der Waals surface area contributed by atoms with Crippen molar-refractivity contribution in [2.24, 2.45) is 0 Å². The van der Waals surface area contributed by atoms with Gasteiger partial charge in [-0.2, -0.15) is 0 Å². The summed E-state index contributed by atoms with van der Waals surface area (Å²) in [7, 11) is 0. The van der Waals surface area contributed by atoms with Crippen LogP contribution < -0.4 is 4.90 Å². The lowest BCUT2D eigenvalue weighted by Gasteiger charge is -2.30. The second kappa shape index (κ2) is 11.8. The Bertz CT molecular complexity index is 2560. The molecule has 1 aromatic heterocycles. The number of para-hydroxylation sites is 2. The van der Waals surface area contributed by atoms with Crippen LogP contribution >= 0.6 is 0 Å². The molecular formula is C46H31NO. The van der Waals surface area contributed by atoms with E-state index in [-0.39, 0.29) is 0 Å². The molecule has 0 saturated heterocycles. The zero-order valence-electron chi connectivity index (χ0n) is 26.3. The number of fused-ring (bicyclic) bond motifs is 4. The average Bonchev–Trinajstić information content (AvgIpc) is 3.53. The highest BCUT2D eigenvalue weighted by molar-refractivity contribution is 6.16. The number of rotatable bonds is 6. The highest BCUT2D eigenvalue weighted by Gasteiger charge is 2.22. The Labute approximate surface area is 279 Å². The summed E-state index contributed by atoms with van der Waals surface area (Å²) in [6.07, 6.45) is 0. The fraction of sp³-hybridized carbons (Fsp3) is 0. The molecule has 0 spiro atoms. The third-order valence-corrected chi connectivity index (χ3v) is 9.24. The van der Waals surface area contributed by atoms with Crippen LogP contribution in [0, 0.1) is 0 Å². The number of nitrogens with zero attached hydrogens (tertiary/aromatic N) is 1. The van der Waals surface area contributed by atoms with Gasteiger partial charge in [0.05, 0.1) is 11.4 Å². The quantitative estimate of drug-likeness (QED) is 0.185. The van der Waals surface area contributed by atoms with Crippen LogP contribution in [0.4, 0.5) is 17.1 Å². The predicted molar refractivity (Wildman–Crippen MR) is 202 cm³/mol. The third-order valence-electron chi connectivity index (χ3n) is 9.24. The van der Waals surface area contributed by atoms with Gasteiger partial charge in [-0.25, -0.2) is 0 Å². The largest absolute Gasteiger partial charge is 0.456 e. The van der Waals surface area contributed by atoms with Crippen molar-refractivity contribution in [1.29, 1.82) is 0 Å². The maximum absolute atomic E-state index is 6.52. The molecule has 48 heavy (non-hydrogen) atoms. The maximum Gasteiger partial charge on any atom is 0.136 e. The molecule has 0 aliphatic heterocycles. The molecule has 9 rings (SSSR count). The van der Waals surface area contributed by atoms with E-state index in [1.165, 1.54) is 27.5 Å². The van der Waals surface area contributed by atoms with Crippen LogP contribution in [0.3, 0.4) is 0 Å². The molecule has 8 aromatic carbocycles. The topological polar surface area (TPSA) is 16.4 Å². The molecular weight excluding hydrogens is 583 g/mol. The standard InChI is InChI=1S/C46H31NO/c1-3-15-32(16-4-1)34-21-13-22-37(29-34)47(42-26-11-9-23-38(42)33-17-5-2-6-18-33)43-27-12-10-24-39(43)40-25-14-28-44-46(40)41-30-35-19-7-8-20-36(35)31-45(41)48-44/h1-31H. The van der Waals surface area contributed by atoms with Crippen molar-refractivity contribution in [3.63, 3.8) is 0 Å². The predicted octanol–water partition coefficient (Wildman–Crippen LogP) is 13.2. The van der Waals surface area contributed by atoms with E-state index in [2.05, 4.69) is 193 Å². The van der Waals surface area contributed by atoms with Gasteiger partial charge in [-0.15, -0.1) is 0 Å². The minimum Gasteiger partial charge on any atom is -0.456 e. The van der Waals surface area contributed by atoms with Crippen molar-refractivity contribution in [3.8, 4) is 33.4 Å². The van der Waals surface area contributed by atoms with Crippen molar-refractivity contribution in [1.82, 2.24) is 0 Å². The van der Waals surface area contributed by atoms with Gasteiger partial charge >= 0.3 is 0 Å². The molecule has 9 aromatic rings. The van der Waals surface area contributed by atoms with Crippen molar-refractivity contribution < 1.29 is 4.42 Å². The number of furan rings is 1. The fourth-order valence-electron chi connectivity index (χ4n) is 7.03. The van der Waals surface area contributed by atoms with Crippen molar-refractivity contribution in [2.45, 2.75) is 0 Å². The zero-order valence-corrected chi connectivity index (χ0v) is 26.3. The first-order chi connectivity index (χ1) is 23.8. The smallest absolute Gasteiger partial charge is 0.136 e. The Balaban J connectivity index is 1.32. The Hall–Kier alpha value is -6.38. The van der Waals surface area contributed by atoms with Gasteiger partial charge in [-0.05, 0) is 75.5 Å². The molecule has 226 valence electrons. The molecule has 0 bridgehead atoms. The highest BCUT2D eigenvalue weighted by Crippen LogP contribution is 2.47. The molecule has 0 N–H and O–H groups in total. The number of benzene rings is 8. The molecule has 1 heterocycles. The summed E-state index contributed by atoms with van der Waals surface area (Å²) in [5.41, 5.74) is 12.0. The molecule has 0 radical (unpaired) electrons. The normalized spacial score (nSPS) is 11.3. The van der Waals surface area contributed by atoms with Gasteiger partial charge in [0.2, 0.25) is 0 Å². The fourth-order valence-corrected chi connectivity index (χ4v) is 7.03. The Morgan fingerprint density at radius 1 is 0.354 bits per heavy atom.